The van der Waals surface area contributed by atoms with Gasteiger partial charge in [-0.1, -0.05) is 50.1 Å². The summed E-state index contributed by atoms with van der Waals surface area (Å²) in [5, 5.41) is 0.525. The number of para-hydroxylation sites is 1. The van der Waals surface area contributed by atoms with E-state index in [4.69, 9.17) is 4.18 Å². The summed E-state index contributed by atoms with van der Waals surface area (Å²) in [6.07, 6.45) is 0. The topological polar surface area (TPSA) is 43.4 Å². The van der Waals surface area contributed by atoms with E-state index in [0.717, 1.165) is 0 Å². The predicted molar refractivity (Wildman–Crippen MR) is 72.0 cm³/mol. The molecule has 1 atom stereocenters. The fourth-order valence-electron chi connectivity index (χ4n) is 1.06. The van der Waals surface area contributed by atoms with E-state index in [2.05, 4.69) is 31.9 Å². The maximum atomic E-state index is 11.7. The number of hydrogen-bond acceptors (Lipinski definition) is 3. The predicted octanol–water partition coefficient (Wildman–Crippen LogP) is 2.94. The Morgan fingerprint density at radius 2 is 1.88 bits per heavy atom. The molecule has 1 rings (SSSR count). The molecule has 16 heavy (non-hydrogen) atoms. The number of alkyl halides is 2. The van der Waals surface area contributed by atoms with Crippen LogP contribution in [0.15, 0.2) is 30.3 Å². The zero-order valence-corrected chi connectivity index (χ0v) is 12.7. The van der Waals surface area contributed by atoms with E-state index in [1.807, 2.05) is 0 Å². The Morgan fingerprint density at radius 3 is 2.38 bits per heavy atom. The highest BCUT2D eigenvalue weighted by atomic mass is 79.9. The molecule has 6 heteroatoms. The standard InChI is InChI=1S/C10H12Br2O3S/c1-10(12,7-11)8-16(13,14)15-9-5-3-2-4-6-9/h2-6H,7-8H2,1H3. The Morgan fingerprint density at radius 1 is 1.31 bits per heavy atom. The summed E-state index contributed by atoms with van der Waals surface area (Å²) in [7, 11) is -3.58. The van der Waals surface area contributed by atoms with Crippen molar-refractivity contribution in [1.82, 2.24) is 0 Å². The van der Waals surface area contributed by atoms with Crippen LogP contribution in [0.25, 0.3) is 0 Å². The molecule has 0 saturated carbocycles. The molecule has 3 nitrogen and oxygen atoms in total. The van der Waals surface area contributed by atoms with Gasteiger partial charge in [0.15, 0.2) is 0 Å². The van der Waals surface area contributed by atoms with Gasteiger partial charge in [0.2, 0.25) is 0 Å². The number of halogens is 2. The Labute approximate surface area is 113 Å². The Kier molecular flexibility index (Phi) is 4.82. The summed E-state index contributed by atoms with van der Waals surface area (Å²) in [6.45, 7) is 1.79. The first-order valence-corrected chi connectivity index (χ1v) is 8.06. The lowest BCUT2D eigenvalue weighted by Gasteiger charge is -2.18. The zero-order valence-electron chi connectivity index (χ0n) is 8.69. The Bertz CT molecular complexity index is 429. The fourth-order valence-corrected chi connectivity index (χ4v) is 3.66. The largest absolute Gasteiger partial charge is 0.382 e. The van der Waals surface area contributed by atoms with E-state index < -0.39 is 14.4 Å². The lowest BCUT2D eigenvalue weighted by molar-refractivity contribution is 0.481. The molecule has 1 aromatic carbocycles. The lowest BCUT2D eigenvalue weighted by Crippen LogP contribution is -2.31. The highest BCUT2D eigenvalue weighted by molar-refractivity contribution is 9.12. The van der Waals surface area contributed by atoms with Gasteiger partial charge in [0.1, 0.15) is 11.5 Å². The van der Waals surface area contributed by atoms with Crippen LogP contribution in [0.2, 0.25) is 0 Å². The smallest absolute Gasteiger partial charge is 0.310 e. The molecule has 0 N–H and O–H groups in total. The average Bonchev–Trinajstić information content (AvgIpc) is 2.17. The van der Waals surface area contributed by atoms with Gasteiger partial charge in [0.25, 0.3) is 0 Å². The molecular weight excluding hydrogens is 360 g/mol. The molecule has 0 spiro atoms. The second-order valence-electron chi connectivity index (χ2n) is 3.65. The maximum Gasteiger partial charge on any atom is 0.310 e. The SMILES string of the molecule is CC(Br)(CBr)CS(=O)(=O)Oc1ccccc1. The maximum absolute atomic E-state index is 11.7. The third kappa shape index (κ3) is 4.84. The highest BCUT2D eigenvalue weighted by Crippen LogP contribution is 2.23. The van der Waals surface area contributed by atoms with Gasteiger partial charge in [-0.3, -0.25) is 0 Å². The van der Waals surface area contributed by atoms with E-state index >= 15 is 0 Å². The summed E-state index contributed by atoms with van der Waals surface area (Å²) >= 11 is 6.57. The van der Waals surface area contributed by atoms with Crippen LogP contribution in [0.1, 0.15) is 6.92 Å². The zero-order chi connectivity index (χ0) is 12.2. The van der Waals surface area contributed by atoms with Crippen LogP contribution in [-0.4, -0.2) is 23.8 Å². The first kappa shape index (κ1) is 14.0. The second-order valence-corrected chi connectivity index (χ2v) is 7.69. The molecule has 0 heterocycles. The van der Waals surface area contributed by atoms with Crippen molar-refractivity contribution in [3.8, 4) is 5.75 Å². The Balaban J connectivity index is 2.74. The van der Waals surface area contributed by atoms with Gasteiger partial charge in [0.05, 0.1) is 0 Å². The first-order chi connectivity index (χ1) is 7.35. The molecule has 0 saturated heterocycles. The fraction of sp³-hybridized carbons (Fsp3) is 0.400. The third-order valence-corrected chi connectivity index (χ3v) is 6.08. The van der Waals surface area contributed by atoms with Crippen molar-refractivity contribution in [3.63, 3.8) is 0 Å². The van der Waals surface area contributed by atoms with Gasteiger partial charge in [-0.25, -0.2) is 0 Å². The molecule has 1 unspecified atom stereocenters. The van der Waals surface area contributed by atoms with Gasteiger partial charge < -0.3 is 4.18 Å². The van der Waals surface area contributed by atoms with E-state index in [1.54, 1.807) is 37.3 Å². The van der Waals surface area contributed by atoms with Crippen LogP contribution < -0.4 is 4.18 Å². The van der Waals surface area contributed by atoms with Crippen molar-refractivity contribution >= 4 is 42.0 Å². The third-order valence-electron chi connectivity index (χ3n) is 1.72. The summed E-state index contributed by atoms with van der Waals surface area (Å²) < 4.78 is 27.8. The molecule has 0 radical (unpaired) electrons. The number of hydrogen-bond donors (Lipinski definition) is 0. The van der Waals surface area contributed by atoms with Crippen molar-refractivity contribution in [1.29, 1.82) is 0 Å². The number of benzene rings is 1. The van der Waals surface area contributed by atoms with E-state index in [1.165, 1.54) is 0 Å². The van der Waals surface area contributed by atoms with Crippen molar-refractivity contribution in [3.05, 3.63) is 30.3 Å². The molecule has 0 fully saturated rings. The quantitative estimate of drug-likeness (QED) is 0.590. The van der Waals surface area contributed by atoms with Crippen LogP contribution in [0.5, 0.6) is 5.75 Å². The monoisotopic (exact) mass is 370 g/mol. The van der Waals surface area contributed by atoms with Crippen LogP contribution in [-0.2, 0) is 10.1 Å². The van der Waals surface area contributed by atoms with E-state index in [0.29, 0.717) is 11.1 Å². The average molecular weight is 372 g/mol. The lowest BCUT2D eigenvalue weighted by atomic mass is 10.3. The molecular formula is C10H12Br2O3S. The minimum Gasteiger partial charge on any atom is -0.382 e. The van der Waals surface area contributed by atoms with Crippen LogP contribution in [0, 0.1) is 0 Å². The highest BCUT2D eigenvalue weighted by Gasteiger charge is 2.28. The summed E-state index contributed by atoms with van der Waals surface area (Å²) in [5.41, 5.74) is 0. The molecule has 0 aliphatic carbocycles. The van der Waals surface area contributed by atoms with Gasteiger partial charge >= 0.3 is 10.1 Å². The molecule has 0 aliphatic heterocycles. The summed E-state index contributed by atoms with van der Waals surface area (Å²) in [5.74, 6) is 0.237. The number of rotatable bonds is 5. The molecule has 0 bridgehead atoms. The van der Waals surface area contributed by atoms with E-state index in [-0.39, 0.29) is 5.75 Å². The minimum atomic E-state index is -3.58. The molecule has 90 valence electrons. The molecule has 0 aliphatic rings. The Hall–Kier alpha value is -0.0700. The summed E-state index contributed by atoms with van der Waals surface area (Å²) in [6, 6.07) is 8.46. The normalized spacial score (nSPS) is 15.4. The van der Waals surface area contributed by atoms with Crippen LogP contribution in [0.4, 0.5) is 0 Å². The van der Waals surface area contributed by atoms with Gasteiger partial charge in [-0.15, -0.1) is 0 Å². The van der Waals surface area contributed by atoms with Crippen LogP contribution in [0.3, 0.4) is 0 Å². The van der Waals surface area contributed by atoms with Crippen molar-refractivity contribution in [2.24, 2.45) is 0 Å². The van der Waals surface area contributed by atoms with Crippen molar-refractivity contribution in [2.45, 2.75) is 11.2 Å². The van der Waals surface area contributed by atoms with Gasteiger partial charge in [0, 0.05) is 9.65 Å². The van der Waals surface area contributed by atoms with Crippen molar-refractivity contribution < 1.29 is 12.6 Å². The molecule has 0 amide bonds. The van der Waals surface area contributed by atoms with Crippen molar-refractivity contribution in [2.75, 3.05) is 11.1 Å². The summed E-state index contributed by atoms with van der Waals surface area (Å²) in [4.78, 5) is 0. The van der Waals surface area contributed by atoms with Gasteiger partial charge in [-0.05, 0) is 19.1 Å². The second kappa shape index (κ2) is 5.51. The van der Waals surface area contributed by atoms with Crippen LogP contribution >= 0.6 is 31.9 Å². The minimum absolute atomic E-state index is 0.0971. The van der Waals surface area contributed by atoms with E-state index in [9.17, 15) is 8.42 Å². The molecule has 0 aromatic heterocycles. The first-order valence-electron chi connectivity index (χ1n) is 4.57. The van der Waals surface area contributed by atoms with Gasteiger partial charge in [-0.2, -0.15) is 8.42 Å². The molecule has 1 aromatic rings.